The number of β-amino-alcohol motifs (C(OH)–C–C–N with tert-alkyl or cyclic N) is 1. The summed E-state index contributed by atoms with van der Waals surface area (Å²) in [6, 6.07) is 0. The molecule has 1 N–H and O–H groups in total. The van der Waals surface area contributed by atoms with Gasteiger partial charge in [0.2, 0.25) is 0 Å². The molecule has 1 aliphatic rings. The summed E-state index contributed by atoms with van der Waals surface area (Å²) in [7, 11) is 1.88. The molecule has 0 saturated carbocycles. The summed E-state index contributed by atoms with van der Waals surface area (Å²) in [5.41, 5.74) is 1.09. The van der Waals surface area contributed by atoms with Gasteiger partial charge in [0.25, 0.3) is 0 Å². The van der Waals surface area contributed by atoms with Crippen molar-refractivity contribution >= 4 is 0 Å². The van der Waals surface area contributed by atoms with Crippen LogP contribution in [0.5, 0.6) is 0 Å². The largest absolute Gasteiger partial charge is 0.389 e. The zero-order valence-corrected chi connectivity index (χ0v) is 7.55. The van der Waals surface area contributed by atoms with Crippen molar-refractivity contribution in [2.45, 2.75) is 12.6 Å². The maximum absolute atomic E-state index is 9.20. The summed E-state index contributed by atoms with van der Waals surface area (Å²) >= 11 is 0. The van der Waals surface area contributed by atoms with Crippen molar-refractivity contribution < 1.29 is 9.94 Å². The molecule has 0 amide bonds. The molecule has 13 heavy (non-hydrogen) atoms. The number of hydrogen-bond acceptors (Lipinski definition) is 4. The molecule has 0 radical (unpaired) electrons. The molecule has 0 bridgehead atoms. The van der Waals surface area contributed by atoms with Crippen molar-refractivity contribution in [1.29, 1.82) is 0 Å². The lowest BCUT2D eigenvalue weighted by Gasteiger charge is -2.11. The molecule has 2 heterocycles. The van der Waals surface area contributed by atoms with E-state index in [2.05, 4.69) is 5.10 Å². The lowest BCUT2D eigenvalue weighted by molar-refractivity contribution is -0.117. The van der Waals surface area contributed by atoms with Crippen LogP contribution in [-0.4, -0.2) is 39.2 Å². The predicted molar refractivity (Wildman–Crippen MR) is 45.6 cm³/mol. The minimum atomic E-state index is -0.350. The Morgan fingerprint density at radius 2 is 2.62 bits per heavy atom. The van der Waals surface area contributed by atoms with E-state index >= 15 is 0 Å². The molecule has 2 rings (SSSR count). The number of hydroxylamine groups is 2. The maximum atomic E-state index is 9.20. The summed E-state index contributed by atoms with van der Waals surface area (Å²) in [5, 5.41) is 15.0. The Balaban J connectivity index is 1.91. The molecule has 72 valence electrons. The smallest absolute Gasteiger partial charge is 0.0958 e. The number of aliphatic hydroxyl groups excluding tert-OH is 1. The van der Waals surface area contributed by atoms with E-state index < -0.39 is 0 Å². The third kappa shape index (κ3) is 2.06. The minimum Gasteiger partial charge on any atom is -0.389 e. The minimum absolute atomic E-state index is 0.350. The van der Waals surface area contributed by atoms with Gasteiger partial charge in [0.05, 0.1) is 32.0 Å². The first-order valence-electron chi connectivity index (χ1n) is 4.27. The Hall–Kier alpha value is -0.910. The summed E-state index contributed by atoms with van der Waals surface area (Å²) < 4.78 is 1.75. The molecule has 0 aliphatic carbocycles. The van der Waals surface area contributed by atoms with Crippen molar-refractivity contribution in [1.82, 2.24) is 14.8 Å². The Morgan fingerprint density at radius 3 is 3.15 bits per heavy atom. The molecule has 5 nitrogen and oxygen atoms in total. The van der Waals surface area contributed by atoms with Crippen molar-refractivity contribution in [2.24, 2.45) is 7.05 Å². The van der Waals surface area contributed by atoms with Crippen LogP contribution in [0.4, 0.5) is 0 Å². The van der Waals surface area contributed by atoms with E-state index in [1.54, 1.807) is 15.9 Å². The topological polar surface area (TPSA) is 50.5 Å². The number of rotatable bonds is 2. The molecule has 1 atom stereocenters. The summed E-state index contributed by atoms with van der Waals surface area (Å²) in [6.07, 6.45) is 3.39. The zero-order chi connectivity index (χ0) is 9.26. The zero-order valence-electron chi connectivity index (χ0n) is 7.55. The highest BCUT2D eigenvalue weighted by atomic mass is 16.7. The lowest BCUT2D eigenvalue weighted by Crippen LogP contribution is -2.20. The second kappa shape index (κ2) is 3.45. The molecular formula is C8H13N3O2. The van der Waals surface area contributed by atoms with Crippen LogP contribution >= 0.6 is 0 Å². The first kappa shape index (κ1) is 8.68. The van der Waals surface area contributed by atoms with Gasteiger partial charge < -0.3 is 5.11 Å². The molecule has 1 aromatic rings. The van der Waals surface area contributed by atoms with Gasteiger partial charge in [-0.2, -0.15) is 10.2 Å². The number of aryl methyl sites for hydroxylation is 1. The standard InChI is InChI=1S/C8H13N3O2/c1-10-3-7(2-9-10)4-11-5-8(12)6-13-11/h2-3,8,12H,4-6H2,1H3. The average Bonchev–Trinajstić information content (AvgIpc) is 2.62. The molecule has 1 unspecified atom stereocenters. The number of nitrogens with zero attached hydrogens (tertiary/aromatic N) is 3. The van der Waals surface area contributed by atoms with Gasteiger partial charge in [-0.25, -0.2) is 0 Å². The van der Waals surface area contributed by atoms with Crippen LogP contribution in [0, 0.1) is 0 Å². The van der Waals surface area contributed by atoms with Gasteiger partial charge in [-0.3, -0.25) is 9.52 Å². The van der Waals surface area contributed by atoms with E-state index in [4.69, 9.17) is 4.84 Å². The van der Waals surface area contributed by atoms with E-state index in [0.29, 0.717) is 19.7 Å². The van der Waals surface area contributed by atoms with Crippen LogP contribution in [0.1, 0.15) is 5.56 Å². The van der Waals surface area contributed by atoms with Gasteiger partial charge in [0, 0.05) is 18.8 Å². The molecular weight excluding hydrogens is 170 g/mol. The predicted octanol–water partition coefficient (Wildman–Crippen LogP) is -0.472. The van der Waals surface area contributed by atoms with E-state index in [-0.39, 0.29) is 6.10 Å². The molecule has 5 heteroatoms. The van der Waals surface area contributed by atoms with Crippen LogP contribution in [-0.2, 0) is 18.4 Å². The monoisotopic (exact) mass is 183 g/mol. The Morgan fingerprint density at radius 1 is 1.77 bits per heavy atom. The molecule has 0 spiro atoms. The lowest BCUT2D eigenvalue weighted by atomic mass is 10.3. The third-order valence-corrected chi connectivity index (χ3v) is 1.98. The fourth-order valence-corrected chi connectivity index (χ4v) is 1.40. The molecule has 0 aromatic carbocycles. The highest BCUT2D eigenvalue weighted by Crippen LogP contribution is 2.10. The van der Waals surface area contributed by atoms with Gasteiger partial charge in [0.1, 0.15) is 0 Å². The number of hydrogen-bond donors (Lipinski definition) is 1. The molecule has 1 saturated heterocycles. The van der Waals surface area contributed by atoms with E-state index in [1.165, 1.54) is 0 Å². The quantitative estimate of drug-likeness (QED) is 0.673. The highest BCUT2D eigenvalue weighted by molar-refractivity contribution is 5.02. The molecule has 1 fully saturated rings. The highest BCUT2D eigenvalue weighted by Gasteiger charge is 2.21. The number of aliphatic hydroxyl groups is 1. The Bertz CT molecular complexity index is 287. The van der Waals surface area contributed by atoms with Gasteiger partial charge in [-0.1, -0.05) is 0 Å². The van der Waals surface area contributed by atoms with Crippen LogP contribution in [0.25, 0.3) is 0 Å². The molecule has 1 aromatic heterocycles. The van der Waals surface area contributed by atoms with Crippen LogP contribution in [0.3, 0.4) is 0 Å². The number of aromatic nitrogens is 2. The van der Waals surface area contributed by atoms with Gasteiger partial charge in [-0.15, -0.1) is 0 Å². The third-order valence-electron chi connectivity index (χ3n) is 1.98. The van der Waals surface area contributed by atoms with E-state index in [1.807, 2.05) is 13.2 Å². The Labute approximate surface area is 76.5 Å². The summed E-state index contributed by atoms with van der Waals surface area (Å²) in [6.45, 7) is 1.67. The normalized spacial score (nSPS) is 24.0. The van der Waals surface area contributed by atoms with Crippen molar-refractivity contribution in [3.8, 4) is 0 Å². The SMILES string of the molecule is Cn1cc(CN2CC(O)CO2)cn1. The van der Waals surface area contributed by atoms with Crippen molar-refractivity contribution in [3.05, 3.63) is 18.0 Å². The second-order valence-electron chi connectivity index (χ2n) is 3.29. The van der Waals surface area contributed by atoms with Crippen molar-refractivity contribution in [3.63, 3.8) is 0 Å². The molecule has 1 aliphatic heterocycles. The fraction of sp³-hybridized carbons (Fsp3) is 0.625. The second-order valence-corrected chi connectivity index (χ2v) is 3.29. The fourth-order valence-electron chi connectivity index (χ4n) is 1.40. The maximum Gasteiger partial charge on any atom is 0.0958 e. The summed E-state index contributed by atoms with van der Waals surface area (Å²) in [5.74, 6) is 0. The van der Waals surface area contributed by atoms with E-state index in [9.17, 15) is 5.11 Å². The summed E-state index contributed by atoms with van der Waals surface area (Å²) in [4.78, 5) is 5.22. The van der Waals surface area contributed by atoms with Gasteiger partial charge in [0.15, 0.2) is 0 Å². The van der Waals surface area contributed by atoms with Crippen molar-refractivity contribution in [2.75, 3.05) is 13.2 Å². The van der Waals surface area contributed by atoms with Gasteiger partial charge in [-0.05, 0) is 0 Å². The Kier molecular flexibility index (Phi) is 2.30. The van der Waals surface area contributed by atoms with E-state index in [0.717, 1.165) is 5.56 Å². The first-order valence-corrected chi connectivity index (χ1v) is 4.27. The van der Waals surface area contributed by atoms with Crippen LogP contribution < -0.4 is 0 Å². The van der Waals surface area contributed by atoms with Gasteiger partial charge >= 0.3 is 0 Å². The van der Waals surface area contributed by atoms with Crippen LogP contribution in [0.2, 0.25) is 0 Å². The average molecular weight is 183 g/mol. The first-order chi connectivity index (χ1) is 6.24. The van der Waals surface area contributed by atoms with Crippen LogP contribution in [0.15, 0.2) is 12.4 Å².